The Hall–Kier alpha value is -0.820. The maximum atomic E-state index is 13.9. The van der Waals surface area contributed by atoms with Gasteiger partial charge in [0.05, 0.1) is 9.90 Å². The van der Waals surface area contributed by atoms with E-state index in [1.165, 1.54) is 6.07 Å². The lowest BCUT2D eigenvalue weighted by atomic mass is 10.0. The van der Waals surface area contributed by atoms with Crippen LogP contribution >= 0.6 is 34.5 Å². The van der Waals surface area contributed by atoms with Gasteiger partial charge < -0.3 is 5.11 Å². The monoisotopic (exact) mass is 344 g/mol. The van der Waals surface area contributed by atoms with E-state index in [1.54, 1.807) is 0 Å². The molecule has 0 radical (unpaired) electrons. The fourth-order valence-corrected chi connectivity index (χ4v) is 3.21. The zero-order chi connectivity index (χ0) is 15.1. The van der Waals surface area contributed by atoms with Crippen molar-refractivity contribution < 1.29 is 22.7 Å². The van der Waals surface area contributed by atoms with Gasteiger partial charge in [0.15, 0.2) is 0 Å². The molecule has 0 aliphatic rings. The Labute approximate surface area is 125 Å². The summed E-state index contributed by atoms with van der Waals surface area (Å²) in [4.78, 5) is 0. The Morgan fingerprint density at radius 3 is 2.30 bits per heavy atom. The maximum Gasteiger partial charge on any atom is 0.419 e. The SMILES string of the molecule is OC(c1cc(Cl)sc1Cl)c1cccc(C(F)(F)F)c1F. The van der Waals surface area contributed by atoms with Crippen LogP contribution in [-0.4, -0.2) is 5.11 Å². The molecular weight excluding hydrogens is 339 g/mol. The van der Waals surface area contributed by atoms with Gasteiger partial charge in [0.1, 0.15) is 16.3 Å². The quantitative estimate of drug-likeness (QED) is 0.733. The molecule has 1 unspecified atom stereocenters. The number of rotatable bonds is 2. The fourth-order valence-electron chi connectivity index (χ4n) is 1.69. The van der Waals surface area contributed by atoms with E-state index in [-0.39, 0.29) is 14.2 Å². The average molecular weight is 345 g/mol. The molecule has 0 aliphatic carbocycles. The summed E-state index contributed by atoms with van der Waals surface area (Å²) in [5.41, 5.74) is -1.87. The van der Waals surface area contributed by atoms with Gasteiger partial charge in [0.2, 0.25) is 0 Å². The van der Waals surface area contributed by atoms with E-state index in [4.69, 9.17) is 23.2 Å². The van der Waals surface area contributed by atoms with Crippen LogP contribution in [0.2, 0.25) is 8.67 Å². The number of benzene rings is 1. The predicted molar refractivity (Wildman–Crippen MR) is 69.8 cm³/mol. The molecule has 8 heteroatoms. The Bertz CT molecular complexity index is 639. The van der Waals surface area contributed by atoms with E-state index in [0.29, 0.717) is 6.07 Å². The third-order valence-electron chi connectivity index (χ3n) is 2.61. The molecule has 0 aliphatic heterocycles. The summed E-state index contributed by atoms with van der Waals surface area (Å²) in [6.45, 7) is 0. The van der Waals surface area contributed by atoms with Crippen molar-refractivity contribution in [2.24, 2.45) is 0 Å². The summed E-state index contributed by atoms with van der Waals surface area (Å²) >= 11 is 12.4. The summed E-state index contributed by atoms with van der Waals surface area (Å²) in [6.07, 6.45) is -6.45. The first-order valence-corrected chi connectivity index (χ1v) is 6.77. The van der Waals surface area contributed by atoms with Gasteiger partial charge in [0.25, 0.3) is 0 Å². The van der Waals surface area contributed by atoms with Crippen molar-refractivity contribution in [1.82, 2.24) is 0 Å². The Kier molecular flexibility index (Phi) is 4.30. The highest BCUT2D eigenvalue weighted by Crippen LogP contribution is 2.40. The second kappa shape index (κ2) is 5.52. The Morgan fingerprint density at radius 2 is 1.80 bits per heavy atom. The van der Waals surface area contributed by atoms with Gasteiger partial charge in [-0.2, -0.15) is 13.2 Å². The molecule has 20 heavy (non-hydrogen) atoms. The van der Waals surface area contributed by atoms with Gasteiger partial charge in [-0.1, -0.05) is 35.3 Å². The van der Waals surface area contributed by atoms with Crippen LogP contribution in [0.3, 0.4) is 0 Å². The van der Waals surface area contributed by atoms with Crippen LogP contribution in [0, 0.1) is 5.82 Å². The molecule has 1 nitrogen and oxygen atoms in total. The minimum Gasteiger partial charge on any atom is -0.383 e. The first-order chi connectivity index (χ1) is 9.21. The molecule has 0 amide bonds. The van der Waals surface area contributed by atoms with Crippen LogP contribution in [0.5, 0.6) is 0 Å². The largest absolute Gasteiger partial charge is 0.419 e. The van der Waals surface area contributed by atoms with Crippen LogP contribution in [-0.2, 0) is 6.18 Å². The smallest absolute Gasteiger partial charge is 0.383 e. The third-order valence-corrected chi connectivity index (χ3v) is 4.12. The van der Waals surface area contributed by atoms with Crippen LogP contribution < -0.4 is 0 Å². The Morgan fingerprint density at radius 1 is 1.15 bits per heavy atom. The standard InChI is InChI=1S/C12H6Cl2F4OS/c13-8-4-6(11(14)20-8)10(19)5-2-1-3-7(9(5)15)12(16,17)18/h1-4,10,19H. The number of halogens is 6. The van der Waals surface area contributed by atoms with E-state index < -0.39 is 29.2 Å². The molecule has 1 aromatic carbocycles. The van der Waals surface area contributed by atoms with Crippen LogP contribution in [0.15, 0.2) is 24.3 Å². The molecule has 0 saturated heterocycles. The molecule has 0 spiro atoms. The molecule has 1 atom stereocenters. The fraction of sp³-hybridized carbons (Fsp3) is 0.167. The van der Waals surface area contributed by atoms with Crippen molar-refractivity contribution in [3.8, 4) is 0 Å². The number of hydrogen-bond acceptors (Lipinski definition) is 2. The molecule has 1 aromatic heterocycles. The number of aliphatic hydroxyl groups excluding tert-OH is 1. The van der Waals surface area contributed by atoms with Gasteiger partial charge in [-0.3, -0.25) is 0 Å². The lowest BCUT2D eigenvalue weighted by Crippen LogP contribution is -2.12. The molecular formula is C12H6Cl2F4OS. The zero-order valence-electron chi connectivity index (χ0n) is 9.51. The van der Waals surface area contributed by atoms with E-state index in [2.05, 4.69) is 0 Å². The summed E-state index contributed by atoms with van der Waals surface area (Å²) in [5.74, 6) is -1.52. The molecule has 0 saturated carbocycles. The van der Waals surface area contributed by atoms with Crippen molar-refractivity contribution in [2.45, 2.75) is 12.3 Å². The molecule has 0 fully saturated rings. The first-order valence-electron chi connectivity index (χ1n) is 5.20. The molecule has 0 bridgehead atoms. The molecule has 2 aromatic rings. The first kappa shape index (κ1) is 15.6. The van der Waals surface area contributed by atoms with Crippen LogP contribution in [0.4, 0.5) is 17.6 Å². The normalized spacial score (nSPS) is 13.6. The predicted octanol–water partition coefficient (Wildman–Crippen LogP) is 5.29. The average Bonchev–Trinajstić information content (AvgIpc) is 2.66. The van der Waals surface area contributed by atoms with Crippen LogP contribution in [0.25, 0.3) is 0 Å². The maximum absolute atomic E-state index is 13.9. The summed E-state index contributed by atoms with van der Waals surface area (Å²) in [7, 11) is 0. The summed E-state index contributed by atoms with van der Waals surface area (Å²) in [5, 5.41) is 10.0. The second-order valence-electron chi connectivity index (χ2n) is 3.89. The van der Waals surface area contributed by atoms with Gasteiger partial charge in [-0.15, -0.1) is 11.3 Å². The second-order valence-corrected chi connectivity index (χ2v) is 6.17. The zero-order valence-corrected chi connectivity index (χ0v) is 11.8. The van der Waals surface area contributed by atoms with Crippen molar-refractivity contribution in [1.29, 1.82) is 0 Å². The van der Waals surface area contributed by atoms with E-state index in [0.717, 1.165) is 23.5 Å². The molecule has 2 rings (SSSR count). The molecule has 1 N–H and O–H groups in total. The number of hydrogen-bond donors (Lipinski definition) is 1. The molecule has 1 heterocycles. The lowest BCUT2D eigenvalue weighted by molar-refractivity contribution is -0.140. The van der Waals surface area contributed by atoms with Crippen LogP contribution in [0.1, 0.15) is 22.8 Å². The van der Waals surface area contributed by atoms with Crippen molar-refractivity contribution in [3.05, 3.63) is 55.4 Å². The topological polar surface area (TPSA) is 20.2 Å². The number of aliphatic hydroxyl groups is 1. The summed E-state index contributed by atoms with van der Waals surface area (Å²) in [6, 6.07) is 3.98. The highest BCUT2D eigenvalue weighted by atomic mass is 35.5. The van der Waals surface area contributed by atoms with Gasteiger partial charge in [-0.25, -0.2) is 4.39 Å². The van der Waals surface area contributed by atoms with Gasteiger partial charge >= 0.3 is 6.18 Å². The van der Waals surface area contributed by atoms with Crippen molar-refractivity contribution >= 4 is 34.5 Å². The van der Waals surface area contributed by atoms with Gasteiger partial charge in [0, 0.05) is 11.1 Å². The molecule has 108 valence electrons. The van der Waals surface area contributed by atoms with E-state index in [1.807, 2.05) is 0 Å². The minimum absolute atomic E-state index is 0.0693. The van der Waals surface area contributed by atoms with Gasteiger partial charge in [-0.05, 0) is 12.1 Å². The highest BCUT2D eigenvalue weighted by molar-refractivity contribution is 7.20. The lowest BCUT2D eigenvalue weighted by Gasteiger charge is -2.15. The number of alkyl halides is 3. The summed E-state index contributed by atoms with van der Waals surface area (Å²) < 4.78 is 52.1. The highest BCUT2D eigenvalue weighted by Gasteiger charge is 2.36. The number of thiophene rings is 1. The third kappa shape index (κ3) is 2.93. The van der Waals surface area contributed by atoms with Crippen molar-refractivity contribution in [3.63, 3.8) is 0 Å². The van der Waals surface area contributed by atoms with Crippen molar-refractivity contribution in [2.75, 3.05) is 0 Å². The minimum atomic E-state index is -4.84. The van der Waals surface area contributed by atoms with E-state index in [9.17, 15) is 22.7 Å². The Balaban J connectivity index is 2.51. The van der Waals surface area contributed by atoms with E-state index >= 15 is 0 Å².